The van der Waals surface area contributed by atoms with E-state index in [4.69, 9.17) is 9.72 Å². The molecule has 0 bridgehead atoms. The van der Waals surface area contributed by atoms with Gasteiger partial charge < -0.3 is 4.74 Å². The summed E-state index contributed by atoms with van der Waals surface area (Å²) < 4.78 is 6.70. The molecule has 5 rings (SSSR count). The number of thioether (sulfide) groups is 1. The third-order valence-corrected chi connectivity index (χ3v) is 7.31. The van der Waals surface area contributed by atoms with Gasteiger partial charge in [0.2, 0.25) is 0 Å². The van der Waals surface area contributed by atoms with Gasteiger partial charge in [-0.2, -0.15) is 0 Å². The second-order valence-corrected chi connectivity index (χ2v) is 9.50. The van der Waals surface area contributed by atoms with Crippen LogP contribution >= 0.6 is 23.1 Å². The lowest BCUT2D eigenvalue weighted by Crippen LogP contribution is -2.30. The molecule has 4 aromatic carbocycles. The zero-order valence-corrected chi connectivity index (χ0v) is 20.0. The quantitative estimate of drug-likeness (QED) is 0.250. The number of nitrogens with zero attached hydrogens (tertiary/aromatic N) is 2. The zero-order chi connectivity index (χ0) is 22.8. The first kappa shape index (κ1) is 21.5. The Morgan fingerprint density at radius 1 is 0.970 bits per heavy atom. The Morgan fingerprint density at radius 2 is 1.70 bits per heavy atom. The number of hydrogen-bond acceptors (Lipinski definition) is 5. The van der Waals surface area contributed by atoms with Crippen molar-refractivity contribution in [3.05, 3.63) is 96.1 Å². The summed E-state index contributed by atoms with van der Waals surface area (Å²) in [4.78, 5) is 21.7. The predicted molar refractivity (Wildman–Crippen MR) is 139 cm³/mol. The van der Waals surface area contributed by atoms with Gasteiger partial charge in [0.1, 0.15) is 5.75 Å². The van der Waals surface area contributed by atoms with Gasteiger partial charge >= 0.3 is 0 Å². The van der Waals surface area contributed by atoms with E-state index in [0.717, 1.165) is 26.6 Å². The number of methoxy groups -OCH3 is 1. The van der Waals surface area contributed by atoms with Crippen LogP contribution in [-0.2, 0) is 6.54 Å². The van der Waals surface area contributed by atoms with Crippen LogP contribution in [0.4, 0.5) is 5.13 Å². The molecule has 0 spiro atoms. The fourth-order valence-corrected chi connectivity index (χ4v) is 5.35. The summed E-state index contributed by atoms with van der Waals surface area (Å²) in [5.41, 5.74) is 2.45. The number of ether oxygens (including phenoxy) is 1. The molecule has 6 heteroatoms. The second kappa shape index (κ2) is 9.25. The van der Waals surface area contributed by atoms with Crippen molar-refractivity contribution in [2.75, 3.05) is 18.3 Å². The van der Waals surface area contributed by atoms with Crippen molar-refractivity contribution in [3.63, 3.8) is 0 Å². The molecular formula is C27H22N2O2S2. The molecule has 4 nitrogen and oxygen atoms in total. The van der Waals surface area contributed by atoms with Gasteiger partial charge in [-0.1, -0.05) is 65.9 Å². The highest BCUT2D eigenvalue weighted by atomic mass is 32.2. The summed E-state index contributed by atoms with van der Waals surface area (Å²) >= 11 is 3.23. The lowest BCUT2D eigenvalue weighted by atomic mass is 10.0. The number of carbonyl (C=O) groups is 1. The van der Waals surface area contributed by atoms with Crippen LogP contribution in [0, 0.1) is 0 Å². The van der Waals surface area contributed by atoms with E-state index in [1.165, 1.54) is 16.2 Å². The van der Waals surface area contributed by atoms with E-state index in [-0.39, 0.29) is 5.91 Å². The lowest BCUT2D eigenvalue weighted by molar-refractivity contribution is 0.0982. The molecule has 0 saturated carbocycles. The molecule has 0 fully saturated rings. The monoisotopic (exact) mass is 470 g/mol. The molecule has 33 heavy (non-hydrogen) atoms. The van der Waals surface area contributed by atoms with Crippen LogP contribution in [0.1, 0.15) is 15.9 Å². The van der Waals surface area contributed by atoms with E-state index in [2.05, 4.69) is 18.4 Å². The molecule has 1 amide bonds. The van der Waals surface area contributed by atoms with Crippen LogP contribution in [0.2, 0.25) is 0 Å². The number of aromatic nitrogens is 1. The summed E-state index contributed by atoms with van der Waals surface area (Å²) in [6.07, 6.45) is 2.06. The van der Waals surface area contributed by atoms with Gasteiger partial charge in [-0.15, -0.1) is 11.8 Å². The Morgan fingerprint density at radius 3 is 2.42 bits per heavy atom. The second-order valence-electron chi connectivity index (χ2n) is 7.61. The van der Waals surface area contributed by atoms with Crippen LogP contribution in [0.5, 0.6) is 5.75 Å². The van der Waals surface area contributed by atoms with Crippen LogP contribution in [-0.4, -0.2) is 24.3 Å². The van der Waals surface area contributed by atoms with E-state index < -0.39 is 0 Å². The van der Waals surface area contributed by atoms with E-state index in [9.17, 15) is 4.79 Å². The minimum Gasteiger partial charge on any atom is -0.496 e. The molecule has 0 aliphatic rings. The van der Waals surface area contributed by atoms with Crippen LogP contribution < -0.4 is 9.64 Å². The first-order valence-electron chi connectivity index (χ1n) is 10.5. The van der Waals surface area contributed by atoms with Gasteiger partial charge in [0.15, 0.2) is 5.13 Å². The Balaban J connectivity index is 1.63. The SMILES string of the molecule is COc1cc2ccccc2cc1C(=O)N(Cc1ccccc1)c1nc2ccc(SC)cc2s1. The van der Waals surface area contributed by atoms with Crippen molar-refractivity contribution in [2.24, 2.45) is 0 Å². The Hall–Kier alpha value is -3.35. The maximum absolute atomic E-state index is 14.0. The largest absolute Gasteiger partial charge is 0.496 e. The van der Waals surface area contributed by atoms with E-state index in [1.807, 2.05) is 72.8 Å². The Kier molecular flexibility index (Phi) is 6.03. The highest BCUT2D eigenvalue weighted by Gasteiger charge is 2.25. The standard InChI is InChI=1S/C27H22N2O2S2/c1-31-24-15-20-11-7-6-10-19(20)14-22(24)26(30)29(17-18-8-4-3-5-9-18)27-28-23-13-12-21(32-2)16-25(23)33-27/h3-16H,17H2,1-2H3. The first-order valence-corrected chi connectivity index (χ1v) is 12.6. The highest BCUT2D eigenvalue weighted by Crippen LogP contribution is 2.35. The Labute approximate surface area is 200 Å². The van der Waals surface area contributed by atoms with Gasteiger partial charge in [-0.05, 0) is 52.9 Å². The maximum Gasteiger partial charge on any atom is 0.264 e. The van der Waals surface area contributed by atoms with E-state index in [1.54, 1.807) is 23.8 Å². The van der Waals surface area contributed by atoms with Crippen molar-refractivity contribution in [1.29, 1.82) is 0 Å². The van der Waals surface area contributed by atoms with Crippen molar-refractivity contribution in [2.45, 2.75) is 11.4 Å². The molecule has 5 aromatic rings. The van der Waals surface area contributed by atoms with E-state index in [0.29, 0.717) is 23.0 Å². The molecule has 0 N–H and O–H groups in total. The molecule has 1 aromatic heterocycles. The number of hydrogen-bond donors (Lipinski definition) is 0. The average Bonchev–Trinajstić information content (AvgIpc) is 3.29. The number of amides is 1. The lowest BCUT2D eigenvalue weighted by Gasteiger charge is -2.21. The number of fused-ring (bicyclic) bond motifs is 2. The molecule has 0 aliphatic heterocycles. The number of carbonyl (C=O) groups excluding carboxylic acids is 1. The normalized spacial score (nSPS) is 11.1. The van der Waals surface area contributed by atoms with Crippen molar-refractivity contribution in [1.82, 2.24) is 4.98 Å². The summed E-state index contributed by atoms with van der Waals surface area (Å²) in [5.74, 6) is 0.424. The van der Waals surface area contributed by atoms with Crippen molar-refractivity contribution in [3.8, 4) is 5.75 Å². The minimum absolute atomic E-state index is 0.134. The third kappa shape index (κ3) is 4.32. The molecule has 0 saturated heterocycles. The third-order valence-electron chi connectivity index (χ3n) is 5.54. The average molecular weight is 471 g/mol. The molecule has 0 radical (unpaired) electrons. The van der Waals surface area contributed by atoms with Gasteiger partial charge in [0, 0.05) is 4.90 Å². The van der Waals surface area contributed by atoms with E-state index >= 15 is 0 Å². The van der Waals surface area contributed by atoms with Crippen LogP contribution in [0.25, 0.3) is 21.0 Å². The minimum atomic E-state index is -0.134. The molecular weight excluding hydrogens is 448 g/mol. The predicted octanol–water partition coefficient (Wildman–Crippen LogP) is 7.03. The highest BCUT2D eigenvalue weighted by molar-refractivity contribution is 7.98. The Bertz CT molecular complexity index is 1450. The van der Waals surface area contributed by atoms with Crippen molar-refractivity contribution < 1.29 is 9.53 Å². The number of rotatable bonds is 6. The van der Waals surface area contributed by atoms with Crippen LogP contribution in [0.15, 0.2) is 89.8 Å². The molecule has 0 unspecified atom stereocenters. The van der Waals surface area contributed by atoms with Gasteiger partial charge in [0.05, 0.1) is 29.4 Å². The topological polar surface area (TPSA) is 42.4 Å². The molecule has 164 valence electrons. The number of benzene rings is 4. The zero-order valence-electron chi connectivity index (χ0n) is 18.3. The van der Waals surface area contributed by atoms with Crippen molar-refractivity contribution >= 4 is 55.1 Å². The summed E-state index contributed by atoms with van der Waals surface area (Å²) in [6.45, 7) is 0.421. The van der Waals surface area contributed by atoms with Crippen LogP contribution in [0.3, 0.4) is 0 Å². The smallest absolute Gasteiger partial charge is 0.264 e. The molecule has 0 atom stereocenters. The molecule has 0 aliphatic carbocycles. The summed E-state index contributed by atoms with van der Waals surface area (Å²) in [7, 11) is 1.60. The maximum atomic E-state index is 14.0. The summed E-state index contributed by atoms with van der Waals surface area (Å²) in [6, 6.07) is 28.0. The van der Waals surface area contributed by atoms with Gasteiger partial charge in [-0.25, -0.2) is 4.98 Å². The fraction of sp³-hybridized carbons (Fsp3) is 0.111. The van der Waals surface area contributed by atoms with Gasteiger partial charge in [0.25, 0.3) is 5.91 Å². The van der Waals surface area contributed by atoms with Gasteiger partial charge in [-0.3, -0.25) is 9.69 Å². The number of anilines is 1. The first-order chi connectivity index (χ1) is 16.2. The molecule has 1 heterocycles. The fourth-order valence-electron chi connectivity index (χ4n) is 3.83. The number of thiazole rings is 1. The summed E-state index contributed by atoms with van der Waals surface area (Å²) in [5, 5.41) is 2.70.